The van der Waals surface area contributed by atoms with Gasteiger partial charge in [-0.1, -0.05) is 18.9 Å². The maximum atomic E-state index is 13.7. The van der Waals surface area contributed by atoms with Crippen LogP contribution in [0.15, 0.2) is 22.7 Å². The van der Waals surface area contributed by atoms with Gasteiger partial charge in [0.05, 0.1) is 10.0 Å². The van der Waals surface area contributed by atoms with Gasteiger partial charge in [-0.3, -0.25) is 4.79 Å². The Balaban J connectivity index is 2.26. The van der Waals surface area contributed by atoms with Crippen molar-refractivity contribution in [3.63, 3.8) is 0 Å². The Bertz CT molecular complexity index is 414. The summed E-state index contributed by atoms with van der Waals surface area (Å²) in [6, 6.07) is 4.73. The molecule has 0 heterocycles. The van der Waals surface area contributed by atoms with Crippen LogP contribution in [0.25, 0.3) is 0 Å². The van der Waals surface area contributed by atoms with Gasteiger partial charge in [0.2, 0.25) is 0 Å². The van der Waals surface area contributed by atoms with Gasteiger partial charge in [-0.05, 0) is 52.9 Å². The molecule has 0 saturated carbocycles. The van der Waals surface area contributed by atoms with Crippen LogP contribution in [0.1, 0.15) is 36.0 Å². The molecule has 0 spiro atoms. The zero-order valence-electron chi connectivity index (χ0n) is 11.0. The maximum absolute atomic E-state index is 13.7. The van der Waals surface area contributed by atoms with Gasteiger partial charge in [-0.2, -0.15) is 11.8 Å². The van der Waals surface area contributed by atoms with Gasteiger partial charge in [0.25, 0.3) is 5.91 Å². The number of carbonyl (C=O) groups excluding carboxylic acids is 1. The highest BCUT2D eigenvalue weighted by Crippen LogP contribution is 2.18. The fraction of sp³-hybridized carbons (Fsp3) is 0.500. The number of halogens is 2. The number of thioether (sulfide) groups is 1. The van der Waals surface area contributed by atoms with Crippen molar-refractivity contribution in [3.05, 3.63) is 34.1 Å². The van der Waals surface area contributed by atoms with Crippen LogP contribution in [0.2, 0.25) is 0 Å². The molecule has 0 bridgehead atoms. The second-order valence-corrected chi connectivity index (χ2v) is 6.10. The van der Waals surface area contributed by atoms with Crippen molar-refractivity contribution >= 4 is 33.6 Å². The summed E-state index contributed by atoms with van der Waals surface area (Å²) in [5.74, 6) is 0.346. The van der Waals surface area contributed by atoms with Crippen molar-refractivity contribution in [1.29, 1.82) is 0 Å². The second kappa shape index (κ2) is 9.37. The van der Waals surface area contributed by atoms with Crippen LogP contribution in [-0.2, 0) is 0 Å². The molecule has 0 unspecified atom stereocenters. The van der Waals surface area contributed by atoms with Crippen molar-refractivity contribution in [2.75, 3.05) is 18.6 Å². The Kier molecular flexibility index (Phi) is 8.14. The molecule has 19 heavy (non-hydrogen) atoms. The van der Waals surface area contributed by atoms with Crippen LogP contribution in [0.4, 0.5) is 4.39 Å². The first-order valence-electron chi connectivity index (χ1n) is 6.38. The summed E-state index contributed by atoms with van der Waals surface area (Å²) < 4.78 is 14.0. The summed E-state index contributed by atoms with van der Waals surface area (Å²) in [5.41, 5.74) is 0.0942. The number of rotatable bonds is 8. The Morgan fingerprint density at radius 3 is 2.79 bits per heavy atom. The van der Waals surface area contributed by atoms with E-state index < -0.39 is 5.82 Å². The van der Waals surface area contributed by atoms with Gasteiger partial charge in [0.15, 0.2) is 0 Å². The minimum absolute atomic E-state index is 0.0942. The van der Waals surface area contributed by atoms with Crippen LogP contribution < -0.4 is 5.32 Å². The van der Waals surface area contributed by atoms with Crippen molar-refractivity contribution in [2.24, 2.45) is 0 Å². The Morgan fingerprint density at radius 2 is 2.05 bits per heavy atom. The molecule has 106 valence electrons. The third-order valence-corrected chi connectivity index (χ3v) is 4.07. The fourth-order valence-corrected chi connectivity index (χ4v) is 2.56. The molecule has 0 fully saturated rings. The van der Waals surface area contributed by atoms with E-state index in [1.54, 1.807) is 12.1 Å². The molecule has 5 heteroatoms. The lowest BCUT2D eigenvalue weighted by Gasteiger charge is -2.06. The number of benzene rings is 1. The molecule has 0 aliphatic rings. The lowest BCUT2D eigenvalue weighted by atomic mass is 10.2. The molecule has 1 N–H and O–H groups in total. The molecule has 1 rings (SSSR count). The molecular weight excluding hydrogens is 329 g/mol. The molecule has 1 aromatic rings. The minimum Gasteiger partial charge on any atom is -0.352 e. The van der Waals surface area contributed by atoms with E-state index in [0.29, 0.717) is 11.0 Å². The summed E-state index contributed by atoms with van der Waals surface area (Å²) in [7, 11) is 0. The normalized spacial score (nSPS) is 10.5. The van der Waals surface area contributed by atoms with Gasteiger partial charge in [-0.25, -0.2) is 4.39 Å². The Labute approximate surface area is 126 Å². The summed E-state index contributed by atoms with van der Waals surface area (Å²) in [5, 5.41) is 2.75. The molecule has 2 nitrogen and oxygen atoms in total. The fourth-order valence-electron chi connectivity index (χ4n) is 1.70. The van der Waals surface area contributed by atoms with E-state index in [2.05, 4.69) is 27.5 Å². The van der Waals surface area contributed by atoms with Crippen molar-refractivity contribution in [1.82, 2.24) is 5.32 Å². The van der Waals surface area contributed by atoms with Gasteiger partial charge in [0.1, 0.15) is 5.82 Å². The summed E-state index contributed by atoms with van der Waals surface area (Å²) in [6.07, 6.45) is 6.54. The number of nitrogens with one attached hydrogen (secondary N) is 1. The predicted molar refractivity (Wildman–Crippen MR) is 83.3 cm³/mol. The summed E-state index contributed by atoms with van der Waals surface area (Å²) >= 11 is 4.93. The van der Waals surface area contributed by atoms with Crippen molar-refractivity contribution < 1.29 is 9.18 Å². The first kappa shape index (κ1) is 16.5. The number of carbonyl (C=O) groups is 1. The molecule has 0 aromatic heterocycles. The van der Waals surface area contributed by atoms with E-state index in [-0.39, 0.29) is 11.5 Å². The second-order valence-electron chi connectivity index (χ2n) is 4.26. The molecule has 1 amide bonds. The highest BCUT2D eigenvalue weighted by molar-refractivity contribution is 9.10. The smallest absolute Gasteiger partial charge is 0.254 e. The lowest BCUT2D eigenvalue weighted by molar-refractivity contribution is 0.0949. The lowest BCUT2D eigenvalue weighted by Crippen LogP contribution is -2.25. The minimum atomic E-state index is -0.500. The third kappa shape index (κ3) is 5.95. The van der Waals surface area contributed by atoms with Crippen molar-refractivity contribution in [2.45, 2.75) is 25.7 Å². The predicted octanol–water partition coefficient (Wildman–Crippen LogP) is 4.24. The molecule has 0 atom stereocenters. The summed E-state index contributed by atoms with van der Waals surface area (Å²) in [6.45, 7) is 0.601. The molecule has 0 radical (unpaired) electrons. The third-order valence-electron chi connectivity index (χ3n) is 2.76. The summed E-state index contributed by atoms with van der Waals surface area (Å²) in [4.78, 5) is 11.8. The highest BCUT2D eigenvalue weighted by Gasteiger charge is 2.12. The quantitative estimate of drug-likeness (QED) is 0.712. The monoisotopic (exact) mass is 347 g/mol. The van der Waals surface area contributed by atoms with Crippen LogP contribution in [0, 0.1) is 5.82 Å². The Morgan fingerprint density at radius 1 is 1.32 bits per heavy atom. The number of amides is 1. The number of unbranched alkanes of at least 4 members (excludes halogenated alkanes) is 3. The van der Waals surface area contributed by atoms with Crippen molar-refractivity contribution in [3.8, 4) is 0 Å². The molecule has 0 aliphatic carbocycles. The topological polar surface area (TPSA) is 29.1 Å². The SMILES string of the molecule is CSCCCCCCNC(=O)c1cccc(Br)c1F. The molecular formula is C14H19BrFNOS. The molecule has 1 aromatic carbocycles. The average molecular weight is 348 g/mol. The number of hydrogen-bond acceptors (Lipinski definition) is 2. The molecule has 0 aliphatic heterocycles. The number of hydrogen-bond donors (Lipinski definition) is 1. The highest BCUT2D eigenvalue weighted by atomic mass is 79.9. The Hall–Kier alpha value is -0.550. The van der Waals surface area contributed by atoms with E-state index in [1.807, 2.05) is 11.8 Å². The zero-order chi connectivity index (χ0) is 14.1. The van der Waals surface area contributed by atoms with Crippen LogP contribution in [0.3, 0.4) is 0 Å². The van der Waals surface area contributed by atoms with Gasteiger partial charge >= 0.3 is 0 Å². The van der Waals surface area contributed by atoms with E-state index in [4.69, 9.17) is 0 Å². The van der Waals surface area contributed by atoms with E-state index in [1.165, 1.54) is 24.7 Å². The van der Waals surface area contributed by atoms with Gasteiger partial charge in [-0.15, -0.1) is 0 Å². The maximum Gasteiger partial charge on any atom is 0.254 e. The van der Waals surface area contributed by atoms with Gasteiger partial charge in [0, 0.05) is 6.54 Å². The molecule has 0 saturated heterocycles. The van der Waals surface area contributed by atoms with E-state index in [0.717, 1.165) is 12.8 Å². The largest absolute Gasteiger partial charge is 0.352 e. The standard InChI is InChI=1S/C14H19BrFNOS/c1-19-10-5-3-2-4-9-17-14(18)11-7-6-8-12(15)13(11)16/h6-8H,2-5,9-10H2,1H3,(H,17,18). The average Bonchev–Trinajstić information content (AvgIpc) is 2.40. The zero-order valence-corrected chi connectivity index (χ0v) is 13.4. The van der Waals surface area contributed by atoms with Crippen LogP contribution in [0.5, 0.6) is 0 Å². The first-order valence-corrected chi connectivity index (χ1v) is 8.56. The van der Waals surface area contributed by atoms with Crippen LogP contribution >= 0.6 is 27.7 Å². The van der Waals surface area contributed by atoms with Crippen LogP contribution in [-0.4, -0.2) is 24.5 Å². The van der Waals surface area contributed by atoms with E-state index in [9.17, 15) is 9.18 Å². The van der Waals surface area contributed by atoms with E-state index >= 15 is 0 Å². The first-order chi connectivity index (χ1) is 9.16. The van der Waals surface area contributed by atoms with Gasteiger partial charge < -0.3 is 5.32 Å².